The van der Waals surface area contributed by atoms with Crippen LogP contribution in [0.2, 0.25) is 0 Å². The Labute approximate surface area is 132 Å². The Morgan fingerprint density at radius 1 is 0.783 bits per heavy atom. The summed E-state index contributed by atoms with van der Waals surface area (Å²) in [6.07, 6.45) is 0.678. The van der Waals surface area contributed by atoms with E-state index in [9.17, 15) is 0 Å². The minimum absolute atomic E-state index is 0.468. The molecule has 0 aliphatic carbocycles. The van der Waals surface area contributed by atoms with Crippen LogP contribution >= 0.6 is 0 Å². The van der Waals surface area contributed by atoms with Gasteiger partial charge in [-0.3, -0.25) is 0 Å². The van der Waals surface area contributed by atoms with Gasteiger partial charge < -0.3 is 9.47 Å². The van der Waals surface area contributed by atoms with Crippen molar-refractivity contribution in [1.82, 2.24) is 0 Å². The molecule has 0 saturated carbocycles. The normalized spacial score (nSPS) is 9.39. The average molecular weight is 310 g/mol. The predicted molar refractivity (Wildman–Crippen MR) is 86.1 cm³/mol. The van der Waals surface area contributed by atoms with Crippen molar-refractivity contribution in [3.63, 3.8) is 0 Å². The van der Waals surface area contributed by atoms with E-state index in [4.69, 9.17) is 20.5 Å². The average Bonchev–Trinajstić information content (AvgIpc) is 2.56. The summed E-state index contributed by atoms with van der Waals surface area (Å²) in [6, 6.07) is 13.8. The Kier molecular flexibility index (Phi) is 6.16. The van der Waals surface area contributed by atoms with E-state index in [-0.39, 0.29) is 0 Å². The summed E-state index contributed by atoms with van der Waals surface area (Å²) in [5.41, 5.74) is 17.8. The van der Waals surface area contributed by atoms with Gasteiger partial charge in [-0.05, 0) is 35.3 Å². The molecule has 0 aliphatic rings. The lowest BCUT2D eigenvalue weighted by Gasteiger charge is -2.08. The van der Waals surface area contributed by atoms with E-state index < -0.39 is 0 Å². The lowest BCUT2D eigenvalue weighted by atomic mass is 10.3. The Hall–Kier alpha value is -3.34. The maximum absolute atomic E-state index is 8.39. The molecule has 0 spiro atoms. The molecule has 8 nitrogen and oxygen atoms in total. The zero-order chi connectivity index (χ0) is 16.3. The SMILES string of the molecule is [N-]=[N+]=Nc1cccc(OCCCOc2cccc(N=[N+]=[N-])c2)c1. The minimum Gasteiger partial charge on any atom is -0.493 e. The fraction of sp³-hybridized carbons (Fsp3) is 0.200. The largest absolute Gasteiger partial charge is 0.493 e. The standard InChI is InChI=1S/C15H14N6O2/c16-20-18-12-4-1-6-14(10-12)22-8-3-9-23-15-7-2-5-13(11-15)19-21-17/h1-2,4-7,10-11H,3,8-9H2. The lowest BCUT2D eigenvalue weighted by molar-refractivity contribution is 0.247. The van der Waals surface area contributed by atoms with Crippen LogP contribution in [0.3, 0.4) is 0 Å². The Morgan fingerprint density at radius 3 is 1.70 bits per heavy atom. The van der Waals surface area contributed by atoms with Crippen LogP contribution < -0.4 is 9.47 Å². The van der Waals surface area contributed by atoms with Gasteiger partial charge in [0, 0.05) is 27.6 Å². The number of benzene rings is 2. The highest BCUT2D eigenvalue weighted by Gasteiger charge is 1.98. The highest BCUT2D eigenvalue weighted by Crippen LogP contribution is 2.21. The first-order chi connectivity index (χ1) is 11.3. The highest BCUT2D eigenvalue weighted by molar-refractivity contribution is 5.43. The molecule has 2 aromatic carbocycles. The van der Waals surface area contributed by atoms with Crippen LogP contribution in [-0.4, -0.2) is 13.2 Å². The quantitative estimate of drug-likeness (QED) is 0.280. The minimum atomic E-state index is 0.468. The van der Waals surface area contributed by atoms with Crippen LogP contribution in [0.1, 0.15) is 6.42 Å². The molecular weight excluding hydrogens is 296 g/mol. The van der Waals surface area contributed by atoms with Gasteiger partial charge in [0.2, 0.25) is 0 Å². The van der Waals surface area contributed by atoms with Gasteiger partial charge in [0.05, 0.1) is 13.2 Å². The second kappa shape index (κ2) is 8.84. The molecule has 2 rings (SSSR count). The van der Waals surface area contributed by atoms with Gasteiger partial charge in [-0.25, -0.2) is 0 Å². The summed E-state index contributed by atoms with van der Waals surface area (Å²) in [7, 11) is 0. The molecule has 0 N–H and O–H groups in total. The summed E-state index contributed by atoms with van der Waals surface area (Å²) in [5.74, 6) is 1.28. The Balaban J connectivity index is 1.75. The topological polar surface area (TPSA) is 116 Å². The van der Waals surface area contributed by atoms with Crippen molar-refractivity contribution >= 4 is 11.4 Å². The second-order valence-electron chi connectivity index (χ2n) is 4.42. The molecule has 0 atom stereocenters. The third-order valence-corrected chi connectivity index (χ3v) is 2.78. The number of ether oxygens (including phenoxy) is 2. The Morgan fingerprint density at radius 2 is 1.26 bits per heavy atom. The third-order valence-electron chi connectivity index (χ3n) is 2.78. The van der Waals surface area contributed by atoms with Crippen LogP contribution in [0.25, 0.3) is 20.9 Å². The third kappa shape index (κ3) is 5.51. The van der Waals surface area contributed by atoms with Crippen LogP contribution in [0.5, 0.6) is 11.5 Å². The van der Waals surface area contributed by atoms with Crippen molar-refractivity contribution in [2.45, 2.75) is 6.42 Å². The van der Waals surface area contributed by atoms with Crippen LogP contribution in [-0.2, 0) is 0 Å². The fourth-order valence-corrected chi connectivity index (χ4v) is 1.81. The number of hydrogen-bond donors (Lipinski definition) is 0. The highest BCUT2D eigenvalue weighted by atomic mass is 16.5. The monoisotopic (exact) mass is 310 g/mol. The second-order valence-corrected chi connectivity index (χ2v) is 4.42. The molecule has 0 amide bonds. The van der Waals surface area contributed by atoms with Gasteiger partial charge in [-0.1, -0.05) is 34.5 Å². The van der Waals surface area contributed by atoms with Crippen molar-refractivity contribution in [1.29, 1.82) is 0 Å². The molecule has 0 aliphatic heterocycles. The van der Waals surface area contributed by atoms with Gasteiger partial charge in [0.1, 0.15) is 11.5 Å². The van der Waals surface area contributed by atoms with E-state index in [2.05, 4.69) is 20.1 Å². The maximum atomic E-state index is 8.39. The molecule has 23 heavy (non-hydrogen) atoms. The first-order valence-electron chi connectivity index (χ1n) is 6.88. The molecule has 2 aromatic rings. The van der Waals surface area contributed by atoms with Gasteiger partial charge in [0.25, 0.3) is 0 Å². The number of nitrogens with zero attached hydrogens (tertiary/aromatic N) is 6. The van der Waals surface area contributed by atoms with E-state index in [0.717, 1.165) is 0 Å². The predicted octanol–water partition coefficient (Wildman–Crippen LogP) is 5.42. The zero-order valence-electron chi connectivity index (χ0n) is 12.2. The summed E-state index contributed by atoms with van der Waals surface area (Å²) in [6.45, 7) is 0.936. The fourth-order valence-electron chi connectivity index (χ4n) is 1.81. The first kappa shape index (κ1) is 16.0. The molecule has 0 fully saturated rings. The molecule has 8 heteroatoms. The molecule has 0 unspecified atom stereocenters. The molecule has 0 aromatic heterocycles. The Bertz CT molecular complexity index is 688. The van der Waals surface area contributed by atoms with Gasteiger partial charge in [-0.2, -0.15) is 0 Å². The summed E-state index contributed by atoms with van der Waals surface area (Å²) in [5, 5.41) is 7.03. The molecule has 0 radical (unpaired) electrons. The molecule has 0 bridgehead atoms. The first-order valence-corrected chi connectivity index (χ1v) is 6.88. The number of rotatable bonds is 8. The van der Waals surface area contributed by atoms with E-state index in [1.807, 2.05) is 0 Å². The van der Waals surface area contributed by atoms with E-state index in [1.165, 1.54) is 0 Å². The summed E-state index contributed by atoms with van der Waals surface area (Å²) >= 11 is 0. The molecule has 0 heterocycles. The number of hydrogen-bond acceptors (Lipinski definition) is 4. The zero-order valence-corrected chi connectivity index (χ0v) is 12.2. The molecule has 0 saturated heterocycles. The lowest BCUT2D eigenvalue weighted by Crippen LogP contribution is -2.04. The van der Waals surface area contributed by atoms with Gasteiger partial charge in [-0.15, -0.1) is 0 Å². The van der Waals surface area contributed by atoms with Crippen LogP contribution in [0.4, 0.5) is 11.4 Å². The summed E-state index contributed by atoms with van der Waals surface area (Å²) in [4.78, 5) is 5.46. The smallest absolute Gasteiger partial charge is 0.119 e. The van der Waals surface area contributed by atoms with Crippen molar-refractivity contribution in [2.75, 3.05) is 13.2 Å². The van der Waals surface area contributed by atoms with Crippen LogP contribution in [0, 0.1) is 0 Å². The van der Waals surface area contributed by atoms with Crippen molar-refractivity contribution in [2.24, 2.45) is 10.2 Å². The van der Waals surface area contributed by atoms with E-state index in [0.29, 0.717) is 42.5 Å². The maximum Gasteiger partial charge on any atom is 0.119 e. The van der Waals surface area contributed by atoms with Crippen molar-refractivity contribution < 1.29 is 9.47 Å². The van der Waals surface area contributed by atoms with Gasteiger partial charge >= 0.3 is 0 Å². The summed E-state index contributed by atoms with van der Waals surface area (Å²) < 4.78 is 11.1. The van der Waals surface area contributed by atoms with Crippen molar-refractivity contribution in [3.8, 4) is 11.5 Å². The van der Waals surface area contributed by atoms with Crippen LogP contribution in [0.15, 0.2) is 58.8 Å². The van der Waals surface area contributed by atoms with E-state index >= 15 is 0 Å². The number of azide groups is 2. The molecule has 116 valence electrons. The molecular formula is C15H14N6O2. The van der Waals surface area contributed by atoms with E-state index in [1.54, 1.807) is 48.5 Å². The van der Waals surface area contributed by atoms with Gasteiger partial charge in [0.15, 0.2) is 0 Å². The van der Waals surface area contributed by atoms with Crippen molar-refractivity contribution in [3.05, 3.63) is 69.4 Å².